The zero-order chi connectivity index (χ0) is 13.6. The maximum atomic E-state index is 11.4. The van der Waals surface area contributed by atoms with Crippen molar-refractivity contribution in [3.05, 3.63) is 29.8 Å². The van der Waals surface area contributed by atoms with Crippen LogP contribution in [0.2, 0.25) is 0 Å². The Hall–Kier alpha value is -1.36. The van der Waals surface area contributed by atoms with Crippen LogP contribution in [0.25, 0.3) is 0 Å². The summed E-state index contributed by atoms with van der Waals surface area (Å²) in [7, 11) is -3.97. The van der Waals surface area contributed by atoms with Crippen LogP contribution in [-0.2, 0) is 4.57 Å². The van der Waals surface area contributed by atoms with Crippen LogP contribution < -0.4 is 10.6 Å². The Morgan fingerprint density at radius 1 is 1.28 bits per heavy atom. The molecule has 0 unspecified atom stereocenters. The molecule has 0 aliphatic carbocycles. The van der Waals surface area contributed by atoms with Gasteiger partial charge >= 0.3 is 13.6 Å². The largest absolute Gasteiger partial charge is 0.338 e. The summed E-state index contributed by atoms with van der Waals surface area (Å²) in [4.78, 5) is 28.7. The second-order valence-corrected chi connectivity index (χ2v) is 5.77. The minimum Gasteiger partial charge on any atom is -0.338 e. The Kier molecular flexibility index (Phi) is 5.34. The molecule has 2 amide bonds. The van der Waals surface area contributed by atoms with Gasteiger partial charge in [-0.3, -0.25) is 4.57 Å². The predicted octanol–water partition coefficient (Wildman–Crippen LogP) is 1.68. The van der Waals surface area contributed by atoms with Crippen molar-refractivity contribution in [1.82, 2.24) is 5.32 Å². The van der Waals surface area contributed by atoms with Crippen LogP contribution in [-0.4, -0.2) is 28.5 Å². The Bertz CT molecular complexity index is 441. The fourth-order valence-corrected chi connectivity index (χ4v) is 1.87. The molecule has 0 saturated heterocycles. The summed E-state index contributed by atoms with van der Waals surface area (Å²) in [5.41, 5.74) is 1.77. The van der Waals surface area contributed by atoms with E-state index in [9.17, 15) is 9.36 Å². The monoisotopic (exact) mass is 272 g/mol. The first kappa shape index (κ1) is 14.7. The molecule has 0 aliphatic heterocycles. The third kappa shape index (κ3) is 6.39. The molecule has 0 heterocycles. The summed E-state index contributed by atoms with van der Waals surface area (Å²) in [5.74, 6) is 0. The number of rotatable bonds is 5. The number of aryl methyl sites for hydroxylation is 1. The molecule has 6 nitrogen and oxygen atoms in total. The van der Waals surface area contributed by atoms with Crippen LogP contribution in [0, 0.1) is 6.92 Å². The first-order valence-electron chi connectivity index (χ1n) is 5.53. The summed E-state index contributed by atoms with van der Waals surface area (Å²) in [6, 6.07) is 6.94. The second-order valence-electron chi connectivity index (χ2n) is 3.99. The van der Waals surface area contributed by atoms with Gasteiger partial charge in [-0.2, -0.15) is 0 Å². The Morgan fingerprint density at radius 2 is 1.89 bits per heavy atom. The number of anilines is 1. The van der Waals surface area contributed by atoms with Crippen LogP contribution in [0.1, 0.15) is 12.0 Å². The highest BCUT2D eigenvalue weighted by molar-refractivity contribution is 7.51. The molecule has 0 aliphatic rings. The normalized spacial score (nSPS) is 11.1. The minimum absolute atomic E-state index is 0.224. The van der Waals surface area contributed by atoms with Crippen LogP contribution in [0.15, 0.2) is 24.3 Å². The van der Waals surface area contributed by atoms with E-state index in [1.165, 1.54) is 0 Å². The molecule has 0 fully saturated rings. The van der Waals surface area contributed by atoms with Gasteiger partial charge < -0.3 is 20.4 Å². The number of hydrogen-bond acceptors (Lipinski definition) is 2. The second kappa shape index (κ2) is 6.54. The van der Waals surface area contributed by atoms with E-state index in [1.807, 2.05) is 19.1 Å². The van der Waals surface area contributed by atoms with Crippen molar-refractivity contribution >= 4 is 19.3 Å². The van der Waals surface area contributed by atoms with Crippen molar-refractivity contribution in [2.45, 2.75) is 13.3 Å². The van der Waals surface area contributed by atoms with Gasteiger partial charge in [0.1, 0.15) is 0 Å². The molecule has 0 saturated carbocycles. The lowest BCUT2D eigenvalue weighted by Crippen LogP contribution is -2.29. The van der Waals surface area contributed by atoms with Gasteiger partial charge in [0.2, 0.25) is 0 Å². The Labute approximate surface area is 106 Å². The summed E-state index contributed by atoms with van der Waals surface area (Å²) in [6.07, 6.45) is 0.0173. The molecule has 0 radical (unpaired) electrons. The standard InChI is InChI=1S/C11H17N2O4P/c1-9-3-5-10(6-4-9)13-11(14)12-7-2-8-18(15,16)17/h3-6H,2,7-8H2,1H3,(H2,12,13,14)(H2,15,16,17). The fraction of sp³-hybridized carbons (Fsp3) is 0.364. The van der Waals surface area contributed by atoms with Crippen LogP contribution in [0.3, 0.4) is 0 Å². The molecule has 1 aromatic carbocycles. The quantitative estimate of drug-likeness (QED) is 0.484. The van der Waals surface area contributed by atoms with Gasteiger partial charge in [0.25, 0.3) is 0 Å². The SMILES string of the molecule is Cc1ccc(NC(=O)NCCCP(=O)(O)O)cc1. The highest BCUT2D eigenvalue weighted by Crippen LogP contribution is 2.34. The van der Waals surface area contributed by atoms with Crippen LogP contribution >= 0.6 is 7.60 Å². The topological polar surface area (TPSA) is 98.7 Å². The number of benzene rings is 1. The molecule has 1 rings (SSSR count). The summed E-state index contributed by atoms with van der Waals surface area (Å²) < 4.78 is 10.6. The first-order chi connectivity index (χ1) is 8.37. The lowest BCUT2D eigenvalue weighted by molar-refractivity contribution is 0.252. The number of carbonyl (C=O) groups excluding carboxylic acids is 1. The van der Waals surface area contributed by atoms with E-state index in [4.69, 9.17) is 9.79 Å². The summed E-state index contributed by atoms with van der Waals surface area (Å²) in [5, 5.41) is 5.15. The van der Waals surface area contributed by atoms with E-state index in [0.29, 0.717) is 5.69 Å². The lowest BCUT2D eigenvalue weighted by atomic mass is 10.2. The molecular formula is C11H17N2O4P. The highest BCUT2D eigenvalue weighted by atomic mass is 31.2. The fourth-order valence-electron chi connectivity index (χ4n) is 1.30. The van der Waals surface area contributed by atoms with Crippen molar-refractivity contribution < 1.29 is 19.1 Å². The maximum Gasteiger partial charge on any atom is 0.325 e. The van der Waals surface area contributed by atoms with Gasteiger partial charge in [-0.15, -0.1) is 0 Å². The molecule has 0 spiro atoms. The molecule has 0 atom stereocenters. The summed E-state index contributed by atoms with van der Waals surface area (Å²) in [6.45, 7) is 2.18. The number of hydrogen-bond donors (Lipinski definition) is 4. The molecule has 7 heteroatoms. The number of urea groups is 1. The molecular weight excluding hydrogens is 255 g/mol. The van der Waals surface area contributed by atoms with Gasteiger partial charge in [-0.25, -0.2) is 4.79 Å². The van der Waals surface area contributed by atoms with Gasteiger partial charge in [0, 0.05) is 12.2 Å². The molecule has 18 heavy (non-hydrogen) atoms. The van der Waals surface area contributed by atoms with E-state index in [-0.39, 0.29) is 25.2 Å². The molecule has 1 aromatic rings. The highest BCUT2D eigenvalue weighted by Gasteiger charge is 2.11. The number of nitrogens with one attached hydrogen (secondary N) is 2. The smallest absolute Gasteiger partial charge is 0.325 e. The average molecular weight is 272 g/mol. The Balaban J connectivity index is 2.26. The van der Waals surface area contributed by atoms with Gasteiger partial charge in [-0.05, 0) is 25.5 Å². The van der Waals surface area contributed by atoms with Crippen LogP contribution in [0.5, 0.6) is 0 Å². The van der Waals surface area contributed by atoms with E-state index >= 15 is 0 Å². The number of amides is 2. The van der Waals surface area contributed by atoms with Gasteiger partial charge in [0.05, 0.1) is 6.16 Å². The third-order valence-electron chi connectivity index (χ3n) is 2.22. The van der Waals surface area contributed by atoms with Gasteiger partial charge in [-0.1, -0.05) is 17.7 Å². The van der Waals surface area contributed by atoms with Crippen molar-refractivity contribution in [3.8, 4) is 0 Å². The number of carbonyl (C=O) groups is 1. The first-order valence-corrected chi connectivity index (χ1v) is 7.33. The predicted molar refractivity (Wildman–Crippen MR) is 69.7 cm³/mol. The maximum absolute atomic E-state index is 11.4. The average Bonchev–Trinajstić information content (AvgIpc) is 2.26. The lowest BCUT2D eigenvalue weighted by Gasteiger charge is -2.08. The van der Waals surface area contributed by atoms with Crippen molar-refractivity contribution in [2.24, 2.45) is 0 Å². The molecule has 0 bridgehead atoms. The summed E-state index contributed by atoms with van der Waals surface area (Å²) >= 11 is 0. The molecule has 4 N–H and O–H groups in total. The van der Waals surface area contributed by atoms with E-state index in [2.05, 4.69) is 10.6 Å². The minimum atomic E-state index is -3.97. The van der Waals surface area contributed by atoms with E-state index in [0.717, 1.165) is 5.56 Å². The molecule has 100 valence electrons. The van der Waals surface area contributed by atoms with Gasteiger partial charge in [0.15, 0.2) is 0 Å². The van der Waals surface area contributed by atoms with Crippen molar-refractivity contribution in [3.63, 3.8) is 0 Å². The van der Waals surface area contributed by atoms with E-state index in [1.54, 1.807) is 12.1 Å². The van der Waals surface area contributed by atoms with E-state index < -0.39 is 7.60 Å². The third-order valence-corrected chi connectivity index (χ3v) is 3.12. The van der Waals surface area contributed by atoms with Crippen molar-refractivity contribution in [2.75, 3.05) is 18.0 Å². The zero-order valence-corrected chi connectivity index (χ0v) is 11.0. The van der Waals surface area contributed by atoms with Crippen molar-refractivity contribution in [1.29, 1.82) is 0 Å². The molecule has 0 aromatic heterocycles. The Morgan fingerprint density at radius 3 is 2.44 bits per heavy atom. The zero-order valence-electron chi connectivity index (χ0n) is 10.1. The van der Waals surface area contributed by atoms with Crippen LogP contribution in [0.4, 0.5) is 10.5 Å².